The van der Waals surface area contributed by atoms with Gasteiger partial charge in [-0.1, -0.05) is 17.7 Å². The molecular formula is C13H14ClN3O. The molecule has 0 saturated carbocycles. The molecule has 0 saturated heterocycles. The Balaban J connectivity index is 2.04. The zero-order valence-corrected chi connectivity index (χ0v) is 10.7. The van der Waals surface area contributed by atoms with E-state index in [2.05, 4.69) is 10.4 Å². The van der Waals surface area contributed by atoms with Crippen LogP contribution in [-0.2, 0) is 6.61 Å². The molecule has 18 heavy (non-hydrogen) atoms. The number of nitrogen functional groups attached to an aromatic ring is 1. The fraction of sp³-hybridized carbons (Fsp3) is 0.154. The van der Waals surface area contributed by atoms with E-state index in [4.69, 9.17) is 22.2 Å². The minimum atomic E-state index is 0.386. The van der Waals surface area contributed by atoms with Gasteiger partial charge in [-0.25, -0.2) is 10.8 Å². The summed E-state index contributed by atoms with van der Waals surface area (Å²) in [4.78, 5) is 4.26. The highest BCUT2D eigenvalue weighted by molar-refractivity contribution is 6.31. The van der Waals surface area contributed by atoms with E-state index in [1.165, 1.54) is 0 Å². The molecule has 0 aliphatic heterocycles. The predicted octanol–water partition coefficient (Wildman–Crippen LogP) is 2.91. The molecule has 0 aliphatic carbocycles. The van der Waals surface area contributed by atoms with Crippen molar-refractivity contribution in [2.45, 2.75) is 13.5 Å². The van der Waals surface area contributed by atoms with Gasteiger partial charge in [-0.2, -0.15) is 0 Å². The molecule has 1 aromatic heterocycles. The minimum Gasteiger partial charge on any atom is -0.487 e. The lowest BCUT2D eigenvalue weighted by atomic mass is 10.2. The van der Waals surface area contributed by atoms with Crippen LogP contribution in [0.3, 0.4) is 0 Å². The Bertz CT molecular complexity index is 546. The Hall–Kier alpha value is -1.78. The summed E-state index contributed by atoms with van der Waals surface area (Å²) in [5, 5.41) is 0.731. The highest BCUT2D eigenvalue weighted by atomic mass is 35.5. The van der Waals surface area contributed by atoms with E-state index in [1.54, 1.807) is 6.07 Å². The molecule has 0 radical (unpaired) electrons. The Labute approximate surface area is 111 Å². The van der Waals surface area contributed by atoms with E-state index < -0.39 is 0 Å². The largest absolute Gasteiger partial charge is 0.487 e. The lowest BCUT2D eigenvalue weighted by molar-refractivity contribution is 0.301. The molecule has 3 N–H and O–H groups in total. The van der Waals surface area contributed by atoms with Crippen LogP contribution in [0.5, 0.6) is 5.75 Å². The van der Waals surface area contributed by atoms with Crippen molar-refractivity contribution in [2.75, 3.05) is 5.43 Å². The lowest BCUT2D eigenvalue weighted by Gasteiger charge is -2.08. The zero-order valence-electron chi connectivity index (χ0n) is 9.98. The maximum atomic E-state index is 5.95. The van der Waals surface area contributed by atoms with E-state index in [9.17, 15) is 0 Å². The number of nitrogens with two attached hydrogens (primary N) is 1. The monoisotopic (exact) mass is 263 g/mol. The number of hydrazine groups is 1. The number of ether oxygens (including phenoxy) is 1. The number of aryl methyl sites for hydroxylation is 1. The van der Waals surface area contributed by atoms with E-state index in [1.807, 2.05) is 37.3 Å². The van der Waals surface area contributed by atoms with Gasteiger partial charge in [0.1, 0.15) is 18.2 Å². The van der Waals surface area contributed by atoms with E-state index >= 15 is 0 Å². The Morgan fingerprint density at radius 1 is 1.33 bits per heavy atom. The van der Waals surface area contributed by atoms with Crippen molar-refractivity contribution in [2.24, 2.45) is 5.84 Å². The zero-order chi connectivity index (χ0) is 13.0. The van der Waals surface area contributed by atoms with Crippen LogP contribution in [0.1, 0.15) is 11.3 Å². The lowest BCUT2D eigenvalue weighted by Crippen LogP contribution is -2.09. The molecule has 2 rings (SSSR count). The van der Waals surface area contributed by atoms with Crippen molar-refractivity contribution in [3.05, 3.63) is 52.7 Å². The summed E-state index contributed by atoms with van der Waals surface area (Å²) in [7, 11) is 0. The fourth-order valence-corrected chi connectivity index (χ4v) is 1.62. The van der Waals surface area contributed by atoms with Crippen LogP contribution in [0.15, 0.2) is 36.4 Å². The number of halogens is 1. The van der Waals surface area contributed by atoms with Gasteiger partial charge < -0.3 is 10.2 Å². The van der Waals surface area contributed by atoms with E-state index in [0.29, 0.717) is 12.4 Å². The Morgan fingerprint density at radius 2 is 2.17 bits per heavy atom. The molecule has 2 aromatic rings. The third-order valence-corrected chi connectivity index (χ3v) is 2.89. The number of hydrogen-bond acceptors (Lipinski definition) is 4. The van der Waals surface area contributed by atoms with Crippen LogP contribution in [0.25, 0.3) is 0 Å². The normalized spacial score (nSPS) is 10.2. The van der Waals surface area contributed by atoms with Crippen molar-refractivity contribution in [3.8, 4) is 5.75 Å². The maximum Gasteiger partial charge on any atom is 0.140 e. The third-order valence-electron chi connectivity index (χ3n) is 2.47. The van der Waals surface area contributed by atoms with Crippen molar-refractivity contribution in [3.63, 3.8) is 0 Å². The van der Waals surface area contributed by atoms with Crippen molar-refractivity contribution in [1.82, 2.24) is 4.98 Å². The Kier molecular flexibility index (Phi) is 4.02. The molecule has 0 amide bonds. The average molecular weight is 264 g/mol. The number of nitrogens with one attached hydrogen (secondary N) is 1. The second-order valence-corrected chi connectivity index (χ2v) is 4.27. The SMILES string of the molecule is Cc1cc(OCc2cccc(NN)n2)ccc1Cl. The number of nitrogens with zero attached hydrogens (tertiary/aromatic N) is 1. The molecule has 5 heteroatoms. The molecule has 0 spiro atoms. The quantitative estimate of drug-likeness (QED) is 0.658. The summed E-state index contributed by atoms with van der Waals surface area (Å²) in [6.45, 7) is 2.32. The topological polar surface area (TPSA) is 60.2 Å². The summed E-state index contributed by atoms with van der Waals surface area (Å²) in [6.07, 6.45) is 0. The summed E-state index contributed by atoms with van der Waals surface area (Å²) in [5.74, 6) is 6.68. The molecule has 0 unspecified atom stereocenters. The minimum absolute atomic E-state index is 0.386. The number of pyridine rings is 1. The molecule has 0 aliphatic rings. The van der Waals surface area contributed by atoms with Crippen molar-refractivity contribution in [1.29, 1.82) is 0 Å². The molecule has 0 fully saturated rings. The predicted molar refractivity (Wildman–Crippen MR) is 72.6 cm³/mol. The van der Waals surface area contributed by atoms with Crippen LogP contribution in [0.2, 0.25) is 5.02 Å². The molecule has 4 nitrogen and oxygen atoms in total. The first-order valence-electron chi connectivity index (χ1n) is 5.50. The standard InChI is InChI=1S/C13H14ClN3O/c1-9-7-11(5-6-12(9)14)18-8-10-3-2-4-13(16-10)17-15/h2-7H,8,15H2,1H3,(H,16,17). The highest BCUT2D eigenvalue weighted by Gasteiger charge is 2.01. The maximum absolute atomic E-state index is 5.95. The van der Waals surface area contributed by atoms with Crippen LogP contribution in [0.4, 0.5) is 5.82 Å². The van der Waals surface area contributed by atoms with Gasteiger partial charge in [0.2, 0.25) is 0 Å². The second-order valence-electron chi connectivity index (χ2n) is 3.86. The average Bonchev–Trinajstić information content (AvgIpc) is 2.40. The van der Waals surface area contributed by atoms with Gasteiger partial charge in [0, 0.05) is 5.02 Å². The van der Waals surface area contributed by atoms with Gasteiger partial charge in [-0.05, 0) is 42.8 Å². The smallest absolute Gasteiger partial charge is 0.140 e. The summed E-state index contributed by atoms with van der Waals surface area (Å²) >= 11 is 5.95. The van der Waals surface area contributed by atoms with Crippen LogP contribution >= 0.6 is 11.6 Å². The highest BCUT2D eigenvalue weighted by Crippen LogP contribution is 2.21. The van der Waals surface area contributed by atoms with Gasteiger partial charge in [0.05, 0.1) is 5.69 Å². The molecule has 1 heterocycles. The number of anilines is 1. The van der Waals surface area contributed by atoms with Crippen molar-refractivity contribution >= 4 is 17.4 Å². The van der Waals surface area contributed by atoms with Gasteiger partial charge in [0.25, 0.3) is 0 Å². The molecule has 0 bridgehead atoms. The second kappa shape index (κ2) is 5.71. The van der Waals surface area contributed by atoms with Crippen LogP contribution in [0, 0.1) is 6.92 Å². The van der Waals surface area contributed by atoms with E-state index in [0.717, 1.165) is 22.0 Å². The fourth-order valence-electron chi connectivity index (χ4n) is 1.50. The van der Waals surface area contributed by atoms with Gasteiger partial charge in [-0.3, -0.25) is 0 Å². The molecule has 94 valence electrons. The van der Waals surface area contributed by atoms with Crippen LogP contribution < -0.4 is 16.0 Å². The van der Waals surface area contributed by atoms with Gasteiger partial charge in [0.15, 0.2) is 0 Å². The van der Waals surface area contributed by atoms with Gasteiger partial charge in [-0.15, -0.1) is 0 Å². The number of rotatable bonds is 4. The van der Waals surface area contributed by atoms with Crippen molar-refractivity contribution < 1.29 is 4.74 Å². The third kappa shape index (κ3) is 3.12. The van der Waals surface area contributed by atoms with E-state index in [-0.39, 0.29) is 0 Å². The summed E-state index contributed by atoms with van der Waals surface area (Å²) < 4.78 is 5.64. The number of benzene rings is 1. The Morgan fingerprint density at radius 3 is 2.89 bits per heavy atom. The molecule has 0 atom stereocenters. The van der Waals surface area contributed by atoms with Crippen LogP contribution in [-0.4, -0.2) is 4.98 Å². The first-order valence-corrected chi connectivity index (χ1v) is 5.88. The summed E-state index contributed by atoms with van der Waals surface area (Å²) in [6, 6.07) is 11.1. The first kappa shape index (κ1) is 12.7. The molecule has 1 aromatic carbocycles. The number of hydrogen-bond donors (Lipinski definition) is 2. The van der Waals surface area contributed by atoms with Gasteiger partial charge >= 0.3 is 0 Å². The molecular weight excluding hydrogens is 250 g/mol. The first-order chi connectivity index (χ1) is 8.69. The summed E-state index contributed by atoms with van der Waals surface area (Å²) in [5.41, 5.74) is 4.29. The number of aromatic nitrogens is 1.